The number of carboxylic acids is 2. The molecule has 15 heteroatoms. The first-order chi connectivity index (χ1) is 20.9. The average Bonchev–Trinajstić information content (AvgIpc) is 3.68. The van der Waals surface area contributed by atoms with Crippen molar-refractivity contribution in [1.82, 2.24) is 25.1 Å². The summed E-state index contributed by atoms with van der Waals surface area (Å²) in [6.45, 7) is 1.67. The highest BCUT2D eigenvalue weighted by Gasteiger charge is 2.38. The van der Waals surface area contributed by atoms with Crippen molar-refractivity contribution in [2.75, 3.05) is 31.6 Å². The highest BCUT2D eigenvalue weighted by molar-refractivity contribution is 7.98. The lowest BCUT2D eigenvalue weighted by Crippen LogP contribution is -2.49. The van der Waals surface area contributed by atoms with Gasteiger partial charge >= 0.3 is 18.1 Å². The van der Waals surface area contributed by atoms with Gasteiger partial charge in [0.2, 0.25) is 5.91 Å². The predicted octanol–water partition coefficient (Wildman–Crippen LogP) is 3.63. The van der Waals surface area contributed by atoms with E-state index in [2.05, 4.69) is 33.5 Å². The van der Waals surface area contributed by atoms with E-state index < -0.39 is 24.2 Å². The number of alkyl halides is 3. The van der Waals surface area contributed by atoms with Crippen molar-refractivity contribution >= 4 is 46.3 Å². The summed E-state index contributed by atoms with van der Waals surface area (Å²) in [4.78, 5) is 57.5. The number of carbonyl (C=O) groups excluding carboxylic acids is 2. The molecule has 0 bridgehead atoms. The van der Waals surface area contributed by atoms with Crippen LogP contribution in [0.25, 0.3) is 10.8 Å². The summed E-state index contributed by atoms with van der Waals surface area (Å²) in [6.07, 6.45) is 1.98. The van der Waals surface area contributed by atoms with Gasteiger partial charge in [0, 0.05) is 31.9 Å². The number of benzene rings is 2. The van der Waals surface area contributed by atoms with Crippen LogP contribution in [0.2, 0.25) is 0 Å². The minimum Gasteiger partial charge on any atom is -0.480 e. The van der Waals surface area contributed by atoms with Crippen molar-refractivity contribution in [2.24, 2.45) is 0 Å². The molecule has 0 spiro atoms. The first kappa shape index (κ1) is 34.4. The maximum atomic E-state index is 13.1. The Labute approximate surface area is 255 Å². The Morgan fingerprint density at radius 2 is 1.86 bits per heavy atom. The third kappa shape index (κ3) is 9.98. The van der Waals surface area contributed by atoms with Gasteiger partial charge in [-0.05, 0) is 47.6 Å². The summed E-state index contributed by atoms with van der Waals surface area (Å²) >= 11 is 1.54. The maximum Gasteiger partial charge on any atom is 0.490 e. The number of nitrogens with zero attached hydrogens (tertiary/aromatic N) is 3. The molecular weight excluding hydrogens is 603 g/mol. The molecular formula is C29H34F3N5O6S. The number of likely N-dealkylation sites (tertiary alicyclic amines) is 1. The average molecular weight is 638 g/mol. The summed E-state index contributed by atoms with van der Waals surface area (Å²) < 4.78 is 31.7. The van der Waals surface area contributed by atoms with Gasteiger partial charge in [0.25, 0.3) is 5.91 Å². The Hall–Kier alpha value is -4.11. The van der Waals surface area contributed by atoms with E-state index >= 15 is 0 Å². The molecule has 1 aromatic heterocycles. The van der Waals surface area contributed by atoms with Crippen LogP contribution in [-0.4, -0.2) is 104 Å². The number of carbonyl (C=O) groups is 4. The van der Waals surface area contributed by atoms with Crippen molar-refractivity contribution in [3.05, 3.63) is 66.2 Å². The molecule has 1 fully saturated rings. The fourth-order valence-corrected chi connectivity index (χ4v) is 5.38. The number of imidazole rings is 1. The second-order valence-corrected chi connectivity index (χ2v) is 11.1. The molecule has 4 N–H and O–H groups in total. The number of halogens is 3. The molecule has 1 aliphatic heterocycles. The lowest BCUT2D eigenvalue weighted by atomic mass is 10.0. The molecule has 11 nitrogen and oxygen atoms in total. The molecule has 0 aliphatic carbocycles. The molecule has 1 aliphatic rings. The smallest absolute Gasteiger partial charge is 0.480 e. The number of fused-ring (bicyclic) bond motifs is 1. The maximum absolute atomic E-state index is 13.1. The Bertz CT molecular complexity index is 1420. The van der Waals surface area contributed by atoms with Gasteiger partial charge in [-0.25, -0.2) is 14.6 Å². The number of aromatic amines is 1. The number of carboxylic acid groups (broad SMARTS) is 2. The third-order valence-electron chi connectivity index (χ3n) is 6.95. The van der Waals surface area contributed by atoms with Crippen LogP contribution in [0.1, 0.15) is 35.3 Å². The van der Waals surface area contributed by atoms with E-state index in [9.17, 15) is 32.7 Å². The summed E-state index contributed by atoms with van der Waals surface area (Å²) in [6, 6.07) is 13.2. The van der Waals surface area contributed by atoms with Crippen LogP contribution in [0.3, 0.4) is 0 Å². The molecule has 4 rings (SSSR count). The second kappa shape index (κ2) is 16.1. The Balaban J connectivity index is 0.000000676. The monoisotopic (exact) mass is 637 g/mol. The van der Waals surface area contributed by atoms with Crippen LogP contribution in [-0.2, 0) is 20.9 Å². The van der Waals surface area contributed by atoms with E-state index in [0.717, 1.165) is 29.2 Å². The lowest BCUT2D eigenvalue weighted by Gasteiger charge is -2.31. The van der Waals surface area contributed by atoms with Gasteiger partial charge in [-0.2, -0.15) is 24.9 Å². The first-order valence-corrected chi connectivity index (χ1v) is 15.1. The van der Waals surface area contributed by atoms with Gasteiger partial charge in [-0.1, -0.05) is 42.5 Å². The number of rotatable bonds is 12. The van der Waals surface area contributed by atoms with Gasteiger partial charge in [-0.15, -0.1) is 0 Å². The van der Waals surface area contributed by atoms with Crippen molar-refractivity contribution in [2.45, 2.75) is 44.1 Å². The zero-order valence-corrected chi connectivity index (χ0v) is 24.7. The fraction of sp³-hybridized carbons (Fsp3) is 0.414. The second-order valence-electron chi connectivity index (χ2n) is 10.1. The molecule has 44 heavy (non-hydrogen) atoms. The molecule has 1 unspecified atom stereocenters. The molecule has 0 radical (unpaired) electrons. The van der Waals surface area contributed by atoms with Gasteiger partial charge in [0.15, 0.2) is 0 Å². The summed E-state index contributed by atoms with van der Waals surface area (Å²) in [5, 5.41) is 21.6. The SMILES string of the molecule is CSCCC(NC(=O)CN(Cc1cccc2ccccc12)C[C@@H]1CCCN1C(=O)c1c[nH]cn1)C(=O)O.O=C(O)C(F)(F)F. The van der Waals surface area contributed by atoms with Crippen LogP contribution in [0.4, 0.5) is 13.2 Å². The number of thioether (sulfide) groups is 1. The van der Waals surface area contributed by atoms with E-state index in [0.29, 0.717) is 37.5 Å². The Morgan fingerprint density at radius 3 is 2.50 bits per heavy atom. The van der Waals surface area contributed by atoms with Crippen LogP contribution < -0.4 is 5.32 Å². The number of hydrogen-bond donors (Lipinski definition) is 4. The van der Waals surface area contributed by atoms with E-state index in [4.69, 9.17) is 9.90 Å². The fourth-order valence-electron chi connectivity index (χ4n) is 4.91. The standard InChI is InChI=1S/C27H33N5O4S.C2HF3O2/c1-37-13-11-23(27(35)36)30-25(33)17-31(15-20-8-4-7-19-6-2-3-10-22(19)20)16-21-9-5-12-32(21)26(34)24-14-28-18-29-24;3-2(4,5)1(6)7/h2-4,6-8,10,14,18,21,23H,5,9,11-13,15-17H2,1H3,(H,28,29)(H,30,33)(H,35,36);(H,6,7)/t21-,23?;/m0./s1. The number of amides is 2. The summed E-state index contributed by atoms with van der Waals surface area (Å²) in [5.74, 6) is -3.61. The van der Waals surface area contributed by atoms with Crippen molar-refractivity contribution in [3.63, 3.8) is 0 Å². The van der Waals surface area contributed by atoms with E-state index in [1.807, 2.05) is 40.3 Å². The topological polar surface area (TPSA) is 156 Å². The lowest BCUT2D eigenvalue weighted by molar-refractivity contribution is -0.192. The number of aromatic nitrogens is 2. The molecule has 2 aromatic carbocycles. The predicted molar refractivity (Wildman–Crippen MR) is 158 cm³/mol. The molecule has 238 valence electrons. The normalized spacial score (nSPS) is 15.5. The number of aliphatic carboxylic acids is 2. The van der Waals surface area contributed by atoms with E-state index in [1.165, 1.54) is 6.33 Å². The minimum atomic E-state index is -5.08. The molecule has 2 atom stereocenters. The highest BCUT2D eigenvalue weighted by Crippen LogP contribution is 2.24. The van der Waals surface area contributed by atoms with Crippen LogP contribution in [0.15, 0.2) is 55.0 Å². The molecule has 1 saturated heterocycles. The van der Waals surface area contributed by atoms with Crippen LogP contribution in [0.5, 0.6) is 0 Å². The van der Waals surface area contributed by atoms with Gasteiger partial charge in [0.05, 0.1) is 12.9 Å². The van der Waals surface area contributed by atoms with Gasteiger partial charge in [-0.3, -0.25) is 14.5 Å². The minimum absolute atomic E-state index is 0.0349. The number of nitrogens with one attached hydrogen (secondary N) is 2. The molecule has 3 aromatic rings. The van der Waals surface area contributed by atoms with Crippen molar-refractivity contribution in [1.29, 1.82) is 0 Å². The van der Waals surface area contributed by atoms with Crippen molar-refractivity contribution < 1.29 is 42.6 Å². The zero-order valence-electron chi connectivity index (χ0n) is 23.9. The highest BCUT2D eigenvalue weighted by atomic mass is 32.2. The summed E-state index contributed by atoms with van der Waals surface area (Å²) in [5.41, 5.74) is 1.45. The largest absolute Gasteiger partial charge is 0.490 e. The number of H-pyrrole nitrogens is 1. The van der Waals surface area contributed by atoms with Crippen LogP contribution >= 0.6 is 11.8 Å². The Kier molecular flexibility index (Phi) is 12.6. The zero-order chi connectivity index (χ0) is 32.3. The molecule has 2 amide bonds. The number of hydrogen-bond acceptors (Lipinski definition) is 7. The Morgan fingerprint density at radius 1 is 1.16 bits per heavy atom. The quantitative estimate of drug-likeness (QED) is 0.233. The van der Waals surface area contributed by atoms with Gasteiger partial charge < -0.3 is 25.4 Å². The van der Waals surface area contributed by atoms with E-state index in [-0.39, 0.29) is 24.4 Å². The van der Waals surface area contributed by atoms with Crippen LogP contribution in [0, 0.1) is 0 Å². The van der Waals surface area contributed by atoms with Gasteiger partial charge in [0.1, 0.15) is 11.7 Å². The molecule has 2 heterocycles. The van der Waals surface area contributed by atoms with Crippen molar-refractivity contribution in [3.8, 4) is 0 Å². The summed E-state index contributed by atoms with van der Waals surface area (Å²) in [7, 11) is 0. The first-order valence-electron chi connectivity index (χ1n) is 13.7. The molecule has 0 saturated carbocycles. The van der Waals surface area contributed by atoms with E-state index in [1.54, 1.807) is 18.0 Å². The third-order valence-corrected chi connectivity index (χ3v) is 7.60.